The average Bonchev–Trinajstić information content (AvgIpc) is 2.81. The molecule has 0 saturated carbocycles. The highest BCUT2D eigenvalue weighted by Gasteiger charge is 2.20. The van der Waals surface area contributed by atoms with Gasteiger partial charge in [0.05, 0.1) is 19.4 Å². The number of methoxy groups -OCH3 is 1. The largest absolute Gasteiger partial charge is 0.495 e. The van der Waals surface area contributed by atoms with Crippen molar-refractivity contribution in [2.45, 2.75) is 20.3 Å². The Balaban J connectivity index is 1.33. The molecule has 1 saturated heterocycles. The van der Waals surface area contributed by atoms with Gasteiger partial charge in [-0.2, -0.15) is 0 Å². The van der Waals surface area contributed by atoms with Crippen LogP contribution in [0.1, 0.15) is 29.3 Å². The molecule has 0 unspecified atom stereocenters. The maximum atomic E-state index is 12.3. The Kier molecular flexibility index (Phi) is 6.99. The van der Waals surface area contributed by atoms with Crippen molar-refractivity contribution in [2.75, 3.05) is 51.3 Å². The van der Waals surface area contributed by atoms with E-state index >= 15 is 0 Å². The van der Waals surface area contributed by atoms with E-state index in [1.807, 2.05) is 31.2 Å². The summed E-state index contributed by atoms with van der Waals surface area (Å²) in [5, 5.41) is 0.750. The molecule has 4 rings (SSSR count). The Morgan fingerprint density at radius 2 is 1.82 bits per heavy atom. The number of carbonyl (C=O) groups is 1. The maximum Gasteiger partial charge on any atom is 0.336 e. The van der Waals surface area contributed by atoms with E-state index in [4.69, 9.17) is 13.9 Å². The van der Waals surface area contributed by atoms with Gasteiger partial charge in [-0.25, -0.2) is 4.79 Å². The molecule has 33 heavy (non-hydrogen) atoms. The van der Waals surface area contributed by atoms with E-state index in [9.17, 15) is 9.59 Å². The number of hydrogen-bond donors (Lipinski definition) is 0. The number of Topliss-reactive ketones (excluding diaryl/α,β-unsaturated/α-hetero) is 1. The molecule has 7 nitrogen and oxygen atoms in total. The number of piperazine rings is 1. The fraction of sp³-hybridized carbons (Fsp3) is 0.385. The second-order valence-corrected chi connectivity index (χ2v) is 8.32. The summed E-state index contributed by atoms with van der Waals surface area (Å²) in [6, 6.07) is 13.2. The first-order chi connectivity index (χ1) is 16.0. The number of benzene rings is 2. The summed E-state index contributed by atoms with van der Waals surface area (Å²) in [6.45, 7) is 8.51. The highest BCUT2D eigenvalue weighted by Crippen LogP contribution is 2.30. The van der Waals surface area contributed by atoms with Crippen LogP contribution in [0.3, 0.4) is 0 Å². The molecule has 1 fully saturated rings. The predicted octanol–water partition coefficient (Wildman–Crippen LogP) is 3.90. The SMILES string of the molecule is COc1ccccc1N1CCN(CCCOc2ccc3c(C)cc(=O)oc3c2C(C)=O)CC1. The van der Waals surface area contributed by atoms with Crippen molar-refractivity contribution in [1.82, 2.24) is 4.90 Å². The quantitative estimate of drug-likeness (QED) is 0.293. The van der Waals surface area contributed by atoms with Crippen molar-refractivity contribution in [3.63, 3.8) is 0 Å². The molecule has 1 aromatic heterocycles. The van der Waals surface area contributed by atoms with Gasteiger partial charge >= 0.3 is 5.63 Å². The van der Waals surface area contributed by atoms with E-state index in [1.165, 1.54) is 13.0 Å². The van der Waals surface area contributed by atoms with Gasteiger partial charge in [0.25, 0.3) is 0 Å². The predicted molar refractivity (Wildman–Crippen MR) is 129 cm³/mol. The number of nitrogens with zero attached hydrogens (tertiary/aromatic N) is 2. The molecule has 3 aromatic rings. The minimum Gasteiger partial charge on any atom is -0.495 e. The third-order valence-corrected chi connectivity index (χ3v) is 6.11. The highest BCUT2D eigenvalue weighted by molar-refractivity contribution is 6.07. The molecule has 0 N–H and O–H groups in total. The Morgan fingerprint density at radius 3 is 2.55 bits per heavy atom. The molecule has 0 bridgehead atoms. The van der Waals surface area contributed by atoms with Crippen LogP contribution in [0.4, 0.5) is 5.69 Å². The van der Waals surface area contributed by atoms with E-state index < -0.39 is 5.63 Å². The normalized spacial score (nSPS) is 14.5. The molecule has 0 atom stereocenters. The van der Waals surface area contributed by atoms with Gasteiger partial charge in [0, 0.05) is 44.2 Å². The Bertz CT molecular complexity index is 1190. The number of fused-ring (bicyclic) bond motifs is 1. The van der Waals surface area contributed by atoms with Crippen molar-refractivity contribution in [3.05, 3.63) is 64.0 Å². The maximum absolute atomic E-state index is 12.3. The van der Waals surface area contributed by atoms with Crippen LogP contribution < -0.4 is 20.0 Å². The average molecular weight is 451 g/mol. The van der Waals surface area contributed by atoms with Gasteiger partial charge in [0.15, 0.2) is 11.4 Å². The monoisotopic (exact) mass is 450 g/mol. The molecule has 0 aliphatic carbocycles. The van der Waals surface area contributed by atoms with Crippen molar-refractivity contribution >= 4 is 22.4 Å². The van der Waals surface area contributed by atoms with Crippen molar-refractivity contribution in [2.24, 2.45) is 0 Å². The lowest BCUT2D eigenvalue weighted by atomic mass is 10.0. The molecule has 2 aromatic carbocycles. The number of hydrogen-bond acceptors (Lipinski definition) is 7. The lowest BCUT2D eigenvalue weighted by molar-refractivity contribution is 0.101. The van der Waals surface area contributed by atoms with Crippen molar-refractivity contribution < 1.29 is 18.7 Å². The van der Waals surface area contributed by atoms with Gasteiger partial charge in [0.2, 0.25) is 0 Å². The van der Waals surface area contributed by atoms with Crippen LogP contribution in [-0.4, -0.2) is 57.1 Å². The van der Waals surface area contributed by atoms with Crippen molar-refractivity contribution in [3.8, 4) is 11.5 Å². The molecule has 0 radical (unpaired) electrons. The number of anilines is 1. The van der Waals surface area contributed by atoms with Gasteiger partial charge in [-0.1, -0.05) is 12.1 Å². The van der Waals surface area contributed by atoms with Crippen LogP contribution in [0.15, 0.2) is 51.7 Å². The minimum atomic E-state index is -0.466. The first-order valence-corrected chi connectivity index (χ1v) is 11.3. The van der Waals surface area contributed by atoms with Crippen molar-refractivity contribution in [1.29, 1.82) is 0 Å². The second kappa shape index (κ2) is 10.1. The molecule has 0 amide bonds. The molecule has 0 spiro atoms. The van der Waals surface area contributed by atoms with E-state index in [1.54, 1.807) is 13.2 Å². The molecule has 1 aliphatic heterocycles. The van der Waals surface area contributed by atoms with Gasteiger partial charge in [-0.15, -0.1) is 0 Å². The van der Waals surface area contributed by atoms with E-state index in [0.29, 0.717) is 23.5 Å². The van der Waals surface area contributed by atoms with Crippen LogP contribution in [0.2, 0.25) is 0 Å². The smallest absolute Gasteiger partial charge is 0.336 e. The molecule has 7 heteroatoms. The number of rotatable bonds is 8. The summed E-state index contributed by atoms with van der Waals surface area (Å²) in [6.07, 6.45) is 0.835. The van der Waals surface area contributed by atoms with Crippen LogP contribution in [-0.2, 0) is 0 Å². The van der Waals surface area contributed by atoms with Crippen LogP contribution >= 0.6 is 0 Å². The first-order valence-electron chi connectivity index (χ1n) is 11.3. The van der Waals surface area contributed by atoms with Gasteiger partial charge < -0.3 is 18.8 Å². The minimum absolute atomic E-state index is 0.184. The first kappa shape index (κ1) is 22.9. The lowest BCUT2D eigenvalue weighted by Crippen LogP contribution is -2.46. The van der Waals surface area contributed by atoms with Gasteiger partial charge in [0.1, 0.15) is 17.1 Å². The van der Waals surface area contributed by atoms with E-state index in [-0.39, 0.29) is 5.78 Å². The van der Waals surface area contributed by atoms with Crippen LogP contribution in [0, 0.1) is 6.92 Å². The van der Waals surface area contributed by atoms with Crippen LogP contribution in [0.5, 0.6) is 11.5 Å². The van der Waals surface area contributed by atoms with Gasteiger partial charge in [-0.05, 0) is 50.1 Å². The zero-order chi connectivity index (χ0) is 23.4. The third-order valence-electron chi connectivity index (χ3n) is 6.11. The molecule has 2 heterocycles. The zero-order valence-electron chi connectivity index (χ0n) is 19.4. The highest BCUT2D eigenvalue weighted by atomic mass is 16.5. The summed E-state index contributed by atoms with van der Waals surface area (Å²) in [5.74, 6) is 1.18. The third kappa shape index (κ3) is 5.03. The Hall–Kier alpha value is -3.32. The Labute approximate surface area is 193 Å². The standard InChI is InChI=1S/C26H30N2O5/c1-18-17-24(30)33-26-20(18)9-10-23(25(26)19(2)29)32-16-6-11-27-12-14-28(15-13-27)21-7-4-5-8-22(21)31-3/h4-5,7-10,17H,6,11-16H2,1-3H3. The van der Waals surface area contributed by atoms with E-state index in [0.717, 1.165) is 61.5 Å². The fourth-order valence-corrected chi connectivity index (χ4v) is 4.39. The summed E-state index contributed by atoms with van der Waals surface area (Å²) >= 11 is 0. The second-order valence-electron chi connectivity index (χ2n) is 8.32. The summed E-state index contributed by atoms with van der Waals surface area (Å²) in [4.78, 5) is 28.9. The van der Waals surface area contributed by atoms with Crippen LogP contribution in [0.25, 0.3) is 11.0 Å². The topological polar surface area (TPSA) is 72.2 Å². The van der Waals surface area contributed by atoms with Gasteiger partial charge in [-0.3, -0.25) is 9.69 Å². The lowest BCUT2D eigenvalue weighted by Gasteiger charge is -2.36. The molecule has 1 aliphatic rings. The number of ether oxygens (including phenoxy) is 2. The van der Waals surface area contributed by atoms with E-state index in [2.05, 4.69) is 15.9 Å². The zero-order valence-corrected chi connectivity index (χ0v) is 19.4. The molecule has 174 valence electrons. The molecular formula is C26H30N2O5. The number of carbonyl (C=O) groups excluding carboxylic acids is 1. The number of ketones is 1. The molecular weight excluding hydrogens is 420 g/mol. The number of aryl methyl sites for hydroxylation is 1. The number of para-hydroxylation sites is 2. The summed E-state index contributed by atoms with van der Waals surface area (Å²) < 4.78 is 16.8. The fourth-order valence-electron chi connectivity index (χ4n) is 4.39. The summed E-state index contributed by atoms with van der Waals surface area (Å²) in [7, 11) is 1.71. The summed E-state index contributed by atoms with van der Waals surface area (Å²) in [5.41, 5.74) is 2.09. The Morgan fingerprint density at radius 1 is 1.06 bits per heavy atom.